The number of hydrogen-bond acceptors (Lipinski definition) is 5. The van der Waals surface area contributed by atoms with E-state index in [1.54, 1.807) is 18.4 Å². The third kappa shape index (κ3) is 8.85. The van der Waals surface area contributed by atoms with Crippen molar-refractivity contribution in [3.63, 3.8) is 0 Å². The van der Waals surface area contributed by atoms with E-state index in [1.165, 1.54) is 30.1 Å². The largest absolute Gasteiger partial charge is 0.381 e. The van der Waals surface area contributed by atoms with Crippen LogP contribution >= 0.6 is 35.3 Å². The smallest absolute Gasteiger partial charge is 0.190 e. The first-order chi connectivity index (χ1) is 12.3. The minimum Gasteiger partial charge on any atom is -0.381 e. The predicted octanol–water partition coefficient (Wildman–Crippen LogP) is 3.28. The van der Waals surface area contributed by atoms with Crippen LogP contribution in [0.5, 0.6) is 0 Å². The molecule has 1 saturated heterocycles. The van der Waals surface area contributed by atoms with Gasteiger partial charge < -0.3 is 20.3 Å². The number of thiazole rings is 1. The predicted molar refractivity (Wildman–Crippen MR) is 122 cm³/mol. The highest BCUT2D eigenvalue weighted by Gasteiger charge is 2.15. The molecule has 1 aliphatic heterocycles. The van der Waals surface area contributed by atoms with Crippen molar-refractivity contribution in [1.82, 2.24) is 15.6 Å². The van der Waals surface area contributed by atoms with Crippen LogP contribution in [0, 0.1) is 0 Å². The second-order valence-electron chi connectivity index (χ2n) is 6.31. The summed E-state index contributed by atoms with van der Waals surface area (Å²) in [6.45, 7) is 7.89. The molecule has 0 aliphatic carbocycles. The van der Waals surface area contributed by atoms with Crippen molar-refractivity contribution in [2.24, 2.45) is 4.99 Å². The van der Waals surface area contributed by atoms with Crippen LogP contribution in [0.15, 0.2) is 10.4 Å². The van der Waals surface area contributed by atoms with Crippen LogP contribution in [0.1, 0.15) is 44.7 Å². The minimum atomic E-state index is 0. The van der Waals surface area contributed by atoms with Gasteiger partial charge in [0.15, 0.2) is 11.1 Å². The van der Waals surface area contributed by atoms with Crippen LogP contribution in [0.4, 0.5) is 5.13 Å². The van der Waals surface area contributed by atoms with E-state index >= 15 is 0 Å². The molecule has 1 aliphatic rings. The summed E-state index contributed by atoms with van der Waals surface area (Å²) in [5.41, 5.74) is 1.17. The number of guanidine groups is 1. The van der Waals surface area contributed by atoms with Crippen molar-refractivity contribution in [3.05, 3.63) is 11.1 Å². The van der Waals surface area contributed by atoms with E-state index in [9.17, 15) is 0 Å². The number of rotatable bonds is 11. The number of aromatic nitrogens is 1. The van der Waals surface area contributed by atoms with Gasteiger partial charge in [0, 0.05) is 58.2 Å². The molecule has 0 unspecified atom stereocenters. The lowest BCUT2D eigenvalue weighted by Crippen LogP contribution is -2.39. The fourth-order valence-corrected chi connectivity index (χ4v) is 3.64. The summed E-state index contributed by atoms with van der Waals surface area (Å²) in [4.78, 5) is 11.4. The lowest BCUT2D eigenvalue weighted by molar-refractivity contribution is 0.129. The quantitative estimate of drug-likeness (QED) is 0.214. The number of nitrogens with zero attached hydrogens (tertiary/aromatic N) is 3. The molecule has 1 aromatic rings. The molecule has 8 heteroatoms. The Kier molecular flexibility index (Phi) is 13.0. The van der Waals surface area contributed by atoms with Gasteiger partial charge in [-0.3, -0.25) is 4.99 Å². The van der Waals surface area contributed by atoms with Gasteiger partial charge in [-0.1, -0.05) is 13.3 Å². The first-order valence-electron chi connectivity index (χ1n) is 9.55. The number of unbranched alkanes of at least 4 members (excludes halogenated alkanes) is 1. The number of aliphatic imine (C=N–C) groups is 1. The SMILES string of the molecule is CCCCOCCCNC(=NC)NCCc1csc(N2CCCC2)n1.I. The van der Waals surface area contributed by atoms with E-state index in [-0.39, 0.29) is 24.0 Å². The standard InChI is InChI=1S/C18H33N5OS.HI/c1-3-4-13-24-14-7-9-20-17(19-2)21-10-8-16-15-25-18(22-16)23-11-5-6-12-23;/h15H,3-14H2,1-2H3,(H2,19,20,21);1H. The van der Waals surface area contributed by atoms with E-state index in [0.29, 0.717) is 0 Å². The van der Waals surface area contributed by atoms with Crippen LogP contribution < -0.4 is 15.5 Å². The van der Waals surface area contributed by atoms with Crippen molar-refractivity contribution < 1.29 is 4.74 Å². The summed E-state index contributed by atoms with van der Waals surface area (Å²) in [7, 11) is 1.81. The Morgan fingerprint density at radius 2 is 1.96 bits per heavy atom. The van der Waals surface area contributed by atoms with E-state index in [1.807, 2.05) is 0 Å². The number of anilines is 1. The zero-order valence-electron chi connectivity index (χ0n) is 16.1. The molecule has 0 amide bonds. The Labute approximate surface area is 179 Å². The third-order valence-corrected chi connectivity index (χ3v) is 5.16. The fourth-order valence-electron chi connectivity index (χ4n) is 2.72. The Bertz CT molecular complexity index is 506. The van der Waals surface area contributed by atoms with Gasteiger partial charge in [0.1, 0.15) is 0 Å². The number of hydrogen-bond donors (Lipinski definition) is 2. The fraction of sp³-hybridized carbons (Fsp3) is 0.778. The molecule has 2 N–H and O–H groups in total. The summed E-state index contributed by atoms with van der Waals surface area (Å²) in [6.07, 6.45) is 6.84. The first kappa shape index (κ1) is 23.4. The second kappa shape index (κ2) is 14.4. The van der Waals surface area contributed by atoms with Crippen LogP contribution in [0.3, 0.4) is 0 Å². The normalized spacial score (nSPS) is 14.4. The molecular weight excluding hydrogens is 461 g/mol. The van der Waals surface area contributed by atoms with Gasteiger partial charge in [-0.15, -0.1) is 35.3 Å². The van der Waals surface area contributed by atoms with Gasteiger partial charge in [0.25, 0.3) is 0 Å². The van der Waals surface area contributed by atoms with Crippen molar-refractivity contribution in [2.75, 3.05) is 51.3 Å². The highest BCUT2D eigenvalue weighted by atomic mass is 127. The zero-order chi connectivity index (χ0) is 17.7. The van der Waals surface area contributed by atoms with Crippen LogP contribution in [0.2, 0.25) is 0 Å². The minimum absolute atomic E-state index is 0. The molecule has 0 atom stereocenters. The molecule has 0 saturated carbocycles. The van der Waals surface area contributed by atoms with E-state index < -0.39 is 0 Å². The lowest BCUT2D eigenvalue weighted by atomic mass is 10.3. The van der Waals surface area contributed by atoms with Crippen molar-refractivity contribution >= 4 is 46.4 Å². The zero-order valence-corrected chi connectivity index (χ0v) is 19.3. The molecule has 0 spiro atoms. The summed E-state index contributed by atoms with van der Waals surface area (Å²) in [6, 6.07) is 0. The van der Waals surface area contributed by atoms with E-state index in [0.717, 1.165) is 64.6 Å². The average molecular weight is 495 g/mol. The molecule has 2 heterocycles. The van der Waals surface area contributed by atoms with Gasteiger partial charge in [-0.25, -0.2) is 4.98 Å². The number of ether oxygens (including phenoxy) is 1. The molecule has 0 bridgehead atoms. The van der Waals surface area contributed by atoms with Gasteiger partial charge in [0.2, 0.25) is 0 Å². The van der Waals surface area contributed by atoms with Crippen LogP contribution in [-0.4, -0.2) is 57.4 Å². The van der Waals surface area contributed by atoms with Gasteiger partial charge in [0.05, 0.1) is 5.69 Å². The third-order valence-electron chi connectivity index (χ3n) is 4.21. The molecule has 0 radical (unpaired) electrons. The monoisotopic (exact) mass is 495 g/mol. The van der Waals surface area contributed by atoms with Gasteiger partial charge in [-0.05, 0) is 25.7 Å². The maximum absolute atomic E-state index is 5.56. The Balaban J connectivity index is 0.00000338. The second-order valence-corrected chi connectivity index (χ2v) is 7.15. The Hall–Kier alpha value is -0.610. The van der Waals surface area contributed by atoms with Crippen LogP contribution in [-0.2, 0) is 11.2 Å². The highest BCUT2D eigenvalue weighted by Crippen LogP contribution is 2.24. The molecule has 2 rings (SSSR count). The van der Waals surface area contributed by atoms with E-state index in [4.69, 9.17) is 9.72 Å². The Morgan fingerprint density at radius 1 is 1.23 bits per heavy atom. The van der Waals surface area contributed by atoms with Crippen molar-refractivity contribution in [2.45, 2.75) is 45.4 Å². The van der Waals surface area contributed by atoms with Gasteiger partial charge >= 0.3 is 0 Å². The first-order valence-corrected chi connectivity index (χ1v) is 10.4. The number of halogens is 1. The lowest BCUT2D eigenvalue weighted by Gasteiger charge is -2.12. The topological polar surface area (TPSA) is 61.8 Å². The average Bonchev–Trinajstić information content (AvgIpc) is 3.30. The maximum atomic E-state index is 5.56. The van der Waals surface area contributed by atoms with Gasteiger partial charge in [-0.2, -0.15) is 0 Å². The molecular formula is C18H34IN5OS. The molecule has 1 aromatic heterocycles. The summed E-state index contributed by atoms with van der Waals surface area (Å²) >= 11 is 1.76. The van der Waals surface area contributed by atoms with Crippen molar-refractivity contribution in [3.8, 4) is 0 Å². The maximum Gasteiger partial charge on any atom is 0.190 e. The summed E-state index contributed by atoms with van der Waals surface area (Å²) in [5.74, 6) is 0.851. The summed E-state index contributed by atoms with van der Waals surface area (Å²) in [5, 5.41) is 10.0. The Morgan fingerprint density at radius 3 is 2.69 bits per heavy atom. The van der Waals surface area contributed by atoms with E-state index in [2.05, 4.69) is 32.8 Å². The molecule has 26 heavy (non-hydrogen) atoms. The molecule has 1 fully saturated rings. The van der Waals surface area contributed by atoms with Crippen LogP contribution in [0.25, 0.3) is 0 Å². The molecule has 6 nitrogen and oxygen atoms in total. The number of nitrogens with one attached hydrogen (secondary N) is 2. The molecule has 150 valence electrons. The highest BCUT2D eigenvalue weighted by molar-refractivity contribution is 14.0. The summed E-state index contributed by atoms with van der Waals surface area (Å²) < 4.78 is 5.56. The molecule has 0 aromatic carbocycles. The van der Waals surface area contributed by atoms with Crippen molar-refractivity contribution in [1.29, 1.82) is 0 Å².